The normalized spacial score (nSPS) is 15.0. The number of nitrogens with zero attached hydrogens (tertiary/aromatic N) is 1. The second-order valence-corrected chi connectivity index (χ2v) is 7.93. The van der Waals surface area contributed by atoms with Gasteiger partial charge in [0.2, 0.25) is 0 Å². The summed E-state index contributed by atoms with van der Waals surface area (Å²) in [5.74, 6) is 0. The molecule has 0 spiro atoms. The highest BCUT2D eigenvalue weighted by Crippen LogP contribution is 2.24. The molecule has 1 aliphatic rings. The molecule has 3 aromatic rings. The maximum absolute atomic E-state index is 5.78. The third kappa shape index (κ3) is 5.02. The summed E-state index contributed by atoms with van der Waals surface area (Å²) in [6.07, 6.45) is 1.03. The van der Waals surface area contributed by atoms with Crippen molar-refractivity contribution < 1.29 is 0 Å². The summed E-state index contributed by atoms with van der Waals surface area (Å²) in [5.41, 5.74) is 4.56. The minimum Gasteiger partial charge on any atom is -0.332 e. The van der Waals surface area contributed by atoms with Crippen molar-refractivity contribution in [2.24, 2.45) is 0 Å². The van der Waals surface area contributed by atoms with Crippen LogP contribution in [0.4, 0.5) is 11.4 Å². The Balaban J connectivity index is 1.57. The van der Waals surface area contributed by atoms with E-state index < -0.39 is 0 Å². The van der Waals surface area contributed by atoms with Gasteiger partial charge in [-0.3, -0.25) is 4.90 Å². The van der Waals surface area contributed by atoms with Crippen LogP contribution < -0.4 is 16.0 Å². The quantitative estimate of drug-likeness (QED) is 0.506. The Kier molecular flexibility index (Phi) is 6.69. The van der Waals surface area contributed by atoms with Crippen LogP contribution in [0.1, 0.15) is 17.2 Å². The lowest BCUT2D eigenvalue weighted by Crippen LogP contribution is -2.47. The fourth-order valence-corrected chi connectivity index (χ4v) is 4.25. The summed E-state index contributed by atoms with van der Waals surface area (Å²) in [4.78, 5) is 1.96. The van der Waals surface area contributed by atoms with E-state index in [1.807, 2.05) is 65.6 Å². The SMILES string of the molecule is S=C(Nc1ccccc1)N(C[C@@H]1NCCc2ccccc21)C(=S)Nc1ccccc1. The van der Waals surface area contributed by atoms with Crippen molar-refractivity contribution in [3.8, 4) is 0 Å². The minimum absolute atomic E-state index is 0.140. The summed E-state index contributed by atoms with van der Waals surface area (Å²) < 4.78 is 0. The number of rotatable bonds is 4. The van der Waals surface area contributed by atoms with E-state index in [2.05, 4.69) is 40.2 Å². The molecule has 4 nitrogen and oxygen atoms in total. The Labute approximate surface area is 188 Å². The van der Waals surface area contributed by atoms with Crippen LogP contribution in [0, 0.1) is 0 Å². The molecule has 0 unspecified atom stereocenters. The third-order valence-electron chi connectivity index (χ3n) is 5.12. The van der Waals surface area contributed by atoms with Crippen molar-refractivity contribution in [2.75, 3.05) is 23.7 Å². The molecule has 0 fully saturated rings. The van der Waals surface area contributed by atoms with E-state index in [1.54, 1.807) is 0 Å². The standard InChI is InChI=1S/C24H24N4S2/c29-23(26-19-10-3-1-4-11-19)28(24(30)27-20-12-5-2-6-13-20)17-22-21-14-8-7-9-18(21)15-16-25-22/h1-14,22,25H,15-17H2,(H,26,29)(H,27,30)/t22-/m0/s1. The maximum atomic E-state index is 5.78. The van der Waals surface area contributed by atoms with Gasteiger partial charge >= 0.3 is 0 Å². The molecule has 152 valence electrons. The summed E-state index contributed by atoms with van der Waals surface area (Å²) in [6.45, 7) is 1.57. The van der Waals surface area contributed by atoms with Crippen LogP contribution in [0.15, 0.2) is 84.9 Å². The van der Waals surface area contributed by atoms with E-state index in [9.17, 15) is 0 Å². The predicted octanol–water partition coefficient (Wildman–Crippen LogP) is 4.97. The number of fused-ring (bicyclic) bond motifs is 1. The van der Waals surface area contributed by atoms with Crippen LogP contribution in [-0.2, 0) is 6.42 Å². The summed E-state index contributed by atoms with van der Waals surface area (Å²) in [5, 5.41) is 11.4. The van der Waals surface area contributed by atoms with Crippen LogP contribution in [0.5, 0.6) is 0 Å². The van der Waals surface area contributed by atoms with Crippen molar-refractivity contribution in [1.29, 1.82) is 0 Å². The van der Waals surface area contributed by atoms with E-state index in [0.29, 0.717) is 16.8 Å². The molecule has 0 bridgehead atoms. The van der Waals surface area contributed by atoms with Crippen molar-refractivity contribution in [3.63, 3.8) is 0 Å². The van der Waals surface area contributed by atoms with Crippen molar-refractivity contribution in [3.05, 3.63) is 96.1 Å². The average molecular weight is 433 g/mol. The highest BCUT2D eigenvalue weighted by Gasteiger charge is 2.25. The summed E-state index contributed by atoms with van der Waals surface area (Å²) in [6, 6.07) is 28.6. The van der Waals surface area contributed by atoms with Gasteiger partial charge in [0.1, 0.15) is 0 Å². The molecule has 3 aromatic carbocycles. The van der Waals surface area contributed by atoms with Gasteiger partial charge in [-0.2, -0.15) is 0 Å². The first kappa shape index (κ1) is 20.5. The first-order chi connectivity index (χ1) is 14.7. The number of nitrogens with one attached hydrogen (secondary N) is 3. The highest BCUT2D eigenvalue weighted by molar-refractivity contribution is 7.82. The number of para-hydroxylation sites is 2. The van der Waals surface area contributed by atoms with Gasteiger partial charge in [0.15, 0.2) is 10.2 Å². The Morgan fingerprint density at radius 1 is 0.800 bits per heavy atom. The van der Waals surface area contributed by atoms with Crippen LogP contribution in [0.2, 0.25) is 0 Å². The van der Waals surface area contributed by atoms with E-state index in [0.717, 1.165) is 24.3 Å². The Morgan fingerprint density at radius 2 is 1.33 bits per heavy atom. The number of hydrogen-bond acceptors (Lipinski definition) is 3. The molecule has 4 rings (SSSR count). The van der Waals surface area contributed by atoms with Gasteiger partial charge in [0.05, 0.1) is 6.04 Å². The number of thiocarbonyl (C=S) groups is 2. The van der Waals surface area contributed by atoms with Gasteiger partial charge < -0.3 is 16.0 Å². The highest BCUT2D eigenvalue weighted by atomic mass is 32.1. The molecular weight excluding hydrogens is 408 g/mol. The molecule has 0 radical (unpaired) electrons. The van der Waals surface area contributed by atoms with Gasteiger partial charge in [0.25, 0.3) is 0 Å². The van der Waals surface area contributed by atoms with E-state index >= 15 is 0 Å². The Bertz CT molecular complexity index is 954. The fourth-order valence-electron chi connectivity index (χ4n) is 3.62. The van der Waals surface area contributed by atoms with E-state index in [-0.39, 0.29) is 6.04 Å². The zero-order valence-electron chi connectivity index (χ0n) is 16.5. The summed E-state index contributed by atoms with van der Waals surface area (Å²) >= 11 is 11.6. The molecule has 1 aliphatic heterocycles. The van der Waals surface area contributed by atoms with Gasteiger partial charge in [-0.05, 0) is 72.8 Å². The second-order valence-electron chi connectivity index (χ2n) is 7.16. The molecule has 3 N–H and O–H groups in total. The minimum atomic E-state index is 0.140. The molecule has 0 saturated heterocycles. The Hall–Kier alpha value is -2.80. The van der Waals surface area contributed by atoms with Crippen molar-refractivity contribution in [1.82, 2.24) is 10.2 Å². The predicted molar refractivity (Wildman–Crippen MR) is 133 cm³/mol. The van der Waals surface area contributed by atoms with Crippen molar-refractivity contribution in [2.45, 2.75) is 12.5 Å². The van der Waals surface area contributed by atoms with E-state index in [4.69, 9.17) is 24.4 Å². The lowest BCUT2D eigenvalue weighted by atomic mass is 9.94. The molecule has 0 aliphatic carbocycles. The Morgan fingerprint density at radius 3 is 1.93 bits per heavy atom. The van der Waals surface area contributed by atoms with Crippen LogP contribution in [0.3, 0.4) is 0 Å². The molecule has 0 aromatic heterocycles. The van der Waals surface area contributed by atoms with Crippen LogP contribution in [-0.4, -0.2) is 28.2 Å². The topological polar surface area (TPSA) is 39.3 Å². The summed E-state index contributed by atoms with van der Waals surface area (Å²) in [7, 11) is 0. The second kappa shape index (κ2) is 9.80. The van der Waals surface area contributed by atoms with Gasteiger partial charge in [0, 0.05) is 17.9 Å². The first-order valence-corrected chi connectivity index (χ1v) is 10.8. The maximum Gasteiger partial charge on any atom is 0.179 e. The molecule has 6 heteroatoms. The molecule has 0 amide bonds. The first-order valence-electron chi connectivity index (χ1n) is 10.0. The van der Waals surface area contributed by atoms with Crippen molar-refractivity contribution >= 4 is 46.0 Å². The van der Waals surface area contributed by atoms with Gasteiger partial charge in [-0.15, -0.1) is 0 Å². The van der Waals surface area contributed by atoms with E-state index in [1.165, 1.54) is 11.1 Å². The number of benzene rings is 3. The zero-order valence-corrected chi connectivity index (χ0v) is 18.2. The van der Waals surface area contributed by atoms with Crippen LogP contribution >= 0.6 is 24.4 Å². The zero-order chi connectivity index (χ0) is 20.8. The van der Waals surface area contributed by atoms with Gasteiger partial charge in [-0.1, -0.05) is 60.7 Å². The molecular formula is C24H24N4S2. The largest absolute Gasteiger partial charge is 0.332 e. The monoisotopic (exact) mass is 432 g/mol. The smallest absolute Gasteiger partial charge is 0.179 e. The molecule has 1 atom stereocenters. The molecule has 1 heterocycles. The fraction of sp³-hybridized carbons (Fsp3) is 0.167. The number of hydrogen-bond donors (Lipinski definition) is 3. The molecule has 0 saturated carbocycles. The third-order valence-corrected chi connectivity index (χ3v) is 5.77. The number of anilines is 2. The lowest BCUT2D eigenvalue weighted by molar-refractivity contribution is 0.435. The molecule has 30 heavy (non-hydrogen) atoms. The van der Waals surface area contributed by atoms with Gasteiger partial charge in [-0.25, -0.2) is 0 Å². The lowest BCUT2D eigenvalue weighted by Gasteiger charge is -2.34. The average Bonchev–Trinajstić information content (AvgIpc) is 2.78. The van der Waals surface area contributed by atoms with Crippen LogP contribution in [0.25, 0.3) is 0 Å².